The molecule has 0 bridgehead atoms. The minimum absolute atomic E-state index is 0.0186. The number of carbonyl (C=O) groups is 2. The van der Waals surface area contributed by atoms with Crippen LogP contribution < -0.4 is 9.47 Å². The Morgan fingerprint density at radius 1 is 1.11 bits per heavy atom. The Morgan fingerprint density at radius 2 is 1.89 bits per heavy atom. The molecule has 1 saturated heterocycles. The van der Waals surface area contributed by atoms with Crippen molar-refractivity contribution in [2.75, 3.05) is 19.8 Å². The van der Waals surface area contributed by atoms with Crippen LogP contribution in [-0.4, -0.2) is 37.9 Å². The fraction of sp³-hybridized carbons (Fsp3) is 0.300. The van der Waals surface area contributed by atoms with Crippen molar-refractivity contribution in [1.82, 2.24) is 0 Å². The van der Waals surface area contributed by atoms with Crippen LogP contribution >= 0.6 is 31.9 Å². The fourth-order valence-corrected chi connectivity index (χ4v) is 3.74. The van der Waals surface area contributed by atoms with E-state index in [1.54, 1.807) is 18.2 Å². The van der Waals surface area contributed by atoms with Gasteiger partial charge in [0.05, 0.1) is 16.1 Å². The maximum atomic E-state index is 12.0. The van der Waals surface area contributed by atoms with Crippen molar-refractivity contribution < 1.29 is 28.5 Å². The number of esters is 2. The average Bonchev–Trinajstić information content (AvgIpc) is 3.19. The van der Waals surface area contributed by atoms with Crippen LogP contribution in [0.5, 0.6) is 11.5 Å². The highest BCUT2D eigenvalue weighted by Gasteiger charge is 2.18. The zero-order chi connectivity index (χ0) is 19.9. The Morgan fingerprint density at radius 3 is 2.57 bits per heavy atom. The Kier molecular flexibility index (Phi) is 7.47. The highest BCUT2D eigenvalue weighted by Crippen LogP contribution is 2.28. The molecule has 3 rings (SSSR count). The van der Waals surface area contributed by atoms with Gasteiger partial charge < -0.3 is 18.9 Å². The second kappa shape index (κ2) is 10.0. The molecule has 1 unspecified atom stereocenters. The largest absolute Gasteiger partial charge is 0.481 e. The Balaban J connectivity index is 1.46. The number of hydrogen-bond acceptors (Lipinski definition) is 6. The summed E-state index contributed by atoms with van der Waals surface area (Å²) in [5.74, 6) is -0.135. The van der Waals surface area contributed by atoms with Crippen molar-refractivity contribution in [1.29, 1.82) is 0 Å². The molecule has 0 N–H and O–H groups in total. The minimum Gasteiger partial charge on any atom is -0.481 e. The van der Waals surface area contributed by atoms with E-state index in [-0.39, 0.29) is 19.3 Å². The van der Waals surface area contributed by atoms with Crippen molar-refractivity contribution in [3.63, 3.8) is 0 Å². The average molecular weight is 514 g/mol. The molecule has 0 amide bonds. The summed E-state index contributed by atoms with van der Waals surface area (Å²) < 4.78 is 22.9. The number of ether oxygens (including phenoxy) is 4. The molecule has 1 aliphatic rings. The molecule has 28 heavy (non-hydrogen) atoms. The quantitative estimate of drug-likeness (QED) is 0.400. The first-order chi connectivity index (χ1) is 13.5. The van der Waals surface area contributed by atoms with Gasteiger partial charge in [0.2, 0.25) is 0 Å². The van der Waals surface area contributed by atoms with Crippen LogP contribution in [0.15, 0.2) is 51.4 Å². The van der Waals surface area contributed by atoms with Gasteiger partial charge in [0.25, 0.3) is 0 Å². The summed E-state index contributed by atoms with van der Waals surface area (Å²) in [4.78, 5) is 24.0. The lowest BCUT2D eigenvalue weighted by Gasteiger charge is -2.11. The van der Waals surface area contributed by atoms with Gasteiger partial charge in [-0.1, -0.05) is 15.9 Å². The molecule has 6 nitrogen and oxygen atoms in total. The maximum Gasteiger partial charge on any atom is 0.349 e. The van der Waals surface area contributed by atoms with E-state index in [4.69, 9.17) is 18.9 Å². The lowest BCUT2D eigenvalue weighted by molar-refractivity contribution is -0.136. The Labute approximate surface area is 179 Å². The van der Waals surface area contributed by atoms with Crippen LogP contribution in [0.25, 0.3) is 0 Å². The first-order valence-electron chi connectivity index (χ1n) is 8.68. The molecular formula is C20H18Br2O6. The smallest absolute Gasteiger partial charge is 0.349 e. The third-order valence-electron chi connectivity index (χ3n) is 3.99. The Bertz CT molecular complexity index is 831. The monoisotopic (exact) mass is 512 g/mol. The number of hydrogen-bond donors (Lipinski definition) is 0. The van der Waals surface area contributed by atoms with Crippen LogP contribution in [0.3, 0.4) is 0 Å². The van der Waals surface area contributed by atoms with E-state index in [9.17, 15) is 9.59 Å². The van der Waals surface area contributed by atoms with Crippen LogP contribution in [0.1, 0.15) is 23.2 Å². The summed E-state index contributed by atoms with van der Waals surface area (Å²) in [5.41, 5.74) is 0.382. The molecule has 0 radical (unpaired) electrons. The van der Waals surface area contributed by atoms with Gasteiger partial charge in [-0.05, 0) is 71.2 Å². The summed E-state index contributed by atoms with van der Waals surface area (Å²) >= 11 is 6.71. The molecular weight excluding hydrogens is 496 g/mol. The first kappa shape index (κ1) is 20.8. The van der Waals surface area contributed by atoms with Crippen LogP contribution in [0.4, 0.5) is 0 Å². The van der Waals surface area contributed by atoms with E-state index < -0.39 is 11.9 Å². The van der Waals surface area contributed by atoms with Crippen LogP contribution in [0, 0.1) is 0 Å². The lowest BCUT2D eigenvalue weighted by atomic mass is 10.2. The van der Waals surface area contributed by atoms with Crippen molar-refractivity contribution in [3.8, 4) is 11.5 Å². The van der Waals surface area contributed by atoms with Gasteiger partial charge in [-0.25, -0.2) is 9.59 Å². The molecule has 8 heteroatoms. The molecule has 1 fully saturated rings. The van der Waals surface area contributed by atoms with E-state index in [2.05, 4.69) is 31.9 Å². The standard InChI is InChI=1S/C20H18Br2O6/c21-14-5-8-18(17(22)10-14)26-12-19(23)28-15-6-3-13(4-7-15)20(24)27-11-16-2-1-9-25-16/h3-8,10,16H,1-2,9,11-12H2. The van der Waals surface area contributed by atoms with E-state index in [0.717, 1.165) is 21.8 Å². The molecule has 148 valence electrons. The zero-order valence-corrected chi connectivity index (χ0v) is 18.0. The van der Waals surface area contributed by atoms with Crippen molar-refractivity contribution >= 4 is 43.8 Å². The van der Waals surface area contributed by atoms with Crippen LogP contribution in [-0.2, 0) is 14.3 Å². The molecule has 0 saturated carbocycles. The van der Waals surface area contributed by atoms with Gasteiger partial charge in [-0.15, -0.1) is 0 Å². The second-order valence-corrected chi connectivity index (χ2v) is 7.87. The molecule has 1 heterocycles. The van der Waals surface area contributed by atoms with E-state index >= 15 is 0 Å². The summed E-state index contributed by atoms with van der Waals surface area (Å²) in [6.07, 6.45) is 1.88. The number of halogens is 2. The van der Waals surface area contributed by atoms with Crippen molar-refractivity contribution in [2.24, 2.45) is 0 Å². The summed E-state index contributed by atoms with van der Waals surface area (Å²) in [6.45, 7) is 0.717. The normalized spacial score (nSPS) is 15.9. The van der Waals surface area contributed by atoms with Gasteiger partial charge in [-0.2, -0.15) is 0 Å². The van der Waals surface area contributed by atoms with Crippen LogP contribution in [0.2, 0.25) is 0 Å². The molecule has 0 spiro atoms. The molecule has 0 aromatic heterocycles. The number of carbonyl (C=O) groups excluding carboxylic acids is 2. The molecule has 1 aliphatic heterocycles. The second-order valence-electron chi connectivity index (χ2n) is 6.10. The SMILES string of the molecule is O=C(COc1ccc(Br)cc1Br)Oc1ccc(C(=O)OCC2CCCO2)cc1. The van der Waals surface area contributed by atoms with E-state index in [1.165, 1.54) is 12.1 Å². The fourth-order valence-electron chi connectivity index (χ4n) is 2.58. The van der Waals surface area contributed by atoms with Gasteiger partial charge >= 0.3 is 11.9 Å². The zero-order valence-electron chi connectivity index (χ0n) is 14.9. The lowest BCUT2D eigenvalue weighted by Crippen LogP contribution is -2.18. The highest BCUT2D eigenvalue weighted by molar-refractivity contribution is 9.11. The number of rotatable bonds is 7. The van der Waals surface area contributed by atoms with Gasteiger partial charge in [0.15, 0.2) is 6.61 Å². The third kappa shape index (κ3) is 6.05. The number of benzene rings is 2. The summed E-state index contributed by atoms with van der Waals surface area (Å²) in [6, 6.07) is 11.5. The third-order valence-corrected chi connectivity index (χ3v) is 5.10. The van der Waals surface area contributed by atoms with Crippen molar-refractivity contribution in [2.45, 2.75) is 18.9 Å². The van der Waals surface area contributed by atoms with Gasteiger partial charge in [0, 0.05) is 11.1 Å². The topological polar surface area (TPSA) is 71.1 Å². The van der Waals surface area contributed by atoms with Gasteiger partial charge in [-0.3, -0.25) is 0 Å². The van der Waals surface area contributed by atoms with Gasteiger partial charge in [0.1, 0.15) is 18.1 Å². The summed E-state index contributed by atoms with van der Waals surface area (Å²) in [5, 5.41) is 0. The highest BCUT2D eigenvalue weighted by atomic mass is 79.9. The van der Waals surface area contributed by atoms with E-state index in [1.807, 2.05) is 12.1 Å². The van der Waals surface area contributed by atoms with E-state index in [0.29, 0.717) is 23.7 Å². The predicted molar refractivity (Wildman–Crippen MR) is 109 cm³/mol. The maximum absolute atomic E-state index is 12.0. The molecule has 1 atom stereocenters. The van der Waals surface area contributed by atoms with Crippen molar-refractivity contribution in [3.05, 3.63) is 57.0 Å². The molecule has 2 aromatic carbocycles. The first-order valence-corrected chi connectivity index (χ1v) is 10.3. The summed E-state index contributed by atoms with van der Waals surface area (Å²) in [7, 11) is 0. The molecule has 0 aliphatic carbocycles. The predicted octanol–water partition coefficient (Wildman–Crippen LogP) is 4.53. The Hall–Kier alpha value is -1.90. The molecule has 2 aromatic rings. The minimum atomic E-state index is -0.552.